The number of carbonyl (C=O) groups excluding carboxylic acids is 2. The van der Waals surface area contributed by atoms with E-state index in [-0.39, 0.29) is 0 Å². The number of carbonyl (C=O) groups is 2. The molecule has 7 nitrogen and oxygen atoms in total. The summed E-state index contributed by atoms with van der Waals surface area (Å²) in [7, 11) is 1.76. The highest BCUT2D eigenvalue weighted by molar-refractivity contribution is 5.78. The van der Waals surface area contributed by atoms with Gasteiger partial charge in [0.25, 0.3) is 0 Å². The number of likely N-dealkylation sites (tertiary alicyclic amines) is 1. The van der Waals surface area contributed by atoms with E-state index in [0.29, 0.717) is 24.8 Å². The molecule has 0 spiro atoms. The first-order valence-electron chi connectivity index (χ1n) is 31.9. The Morgan fingerprint density at radius 2 is 0.757 bits per heavy atom. The molecule has 0 N–H and O–H groups in total. The number of aldehydes is 1. The molecule has 0 aliphatic carbocycles. The van der Waals surface area contributed by atoms with Gasteiger partial charge in [-0.15, -0.1) is 0 Å². The van der Waals surface area contributed by atoms with Crippen LogP contribution in [-0.4, -0.2) is 118 Å². The Morgan fingerprint density at radius 1 is 0.429 bits per heavy atom. The summed E-state index contributed by atoms with van der Waals surface area (Å²) in [5.41, 5.74) is 0. The van der Waals surface area contributed by atoms with Gasteiger partial charge in [0, 0.05) is 52.9 Å². The average molecular weight is 990 g/mol. The van der Waals surface area contributed by atoms with Gasteiger partial charge in [0.2, 0.25) is 5.91 Å². The number of amides is 1. The summed E-state index contributed by atoms with van der Waals surface area (Å²) in [5.74, 6) is 0.962. The third-order valence-electron chi connectivity index (χ3n) is 15.3. The molecule has 1 fully saturated rings. The zero-order valence-electron chi connectivity index (χ0n) is 48.9. The molecule has 0 aromatic carbocycles. The van der Waals surface area contributed by atoms with Gasteiger partial charge in [-0.05, 0) is 90.0 Å². The number of rotatable bonds is 55. The van der Waals surface area contributed by atoms with Crippen LogP contribution in [0.15, 0.2) is 0 Å². The highest BCUT2D eigenvalue weighted by Gasteiger charge is 2.28. The molecule has 1 unspecified atom stereocenters. The van der Waals surface area contributed by atoms with Crippen LogP contribution in [0.25, 0.3) is 0 Å². The lowest BCUT2D eigenvalue weighted by Crippen LogP contribution is -2.43. The predicted octanol–water partition coefficient (Wildman–Crippen LogP) is 17.7. The predicted molar refractivity (Wildman–Crippen MR) is 310 cm³/mol. The Kier molecular flexibility index (Phi) is 56.4. The Balaban J connectivity index is 0.00000477. The van der Waals surface area contributed by atoms with Crippen molar-refractivity contribution in [3.8, 4) is 0 Å². The lowest BCUT2D eigenvalue weighted by Gasteiger charge is -2.29. The first-order valence-corrected chi connectivity index (χ1v) is 31.9. The van der Waals surface area contributed by atoms with Crippen LogP contribution < -0.4 is 0 Å². The summed E-state index contributed by atoms with van der Waals surface area (Å²) >= 11 is 0. The molecule has 1 atom stereocenters. The summed E-state index contributed by atoms with van der Waals surface area (Å²) in [6.07, 6.45) is 56.6. The Hall–Kier alpha value is -1.02. The van der Waals surface area contributed by atoms with E-state index in [4.69, 9.17) is 4.74 Å². The number of unbranched alkanes of at least 4 members (excludes halogenated alkanes) is 35. The van der Waals surface area contributed by atoms with Crippen molar-refractivity contribution in [1.82, 2.24) is 19.6 Å². The van der Waals surface area contributed by atoms with Gasteiger partial charge in [-0.2, -0.15) is 0 Å². The fourth-order valence-corrected chi connectivity index (χ4v) is 10.5. The summed E-state index contributed by atoms with van der Waals surface area (Å²) in [6.45, 7) is 24.0. The third-order valence-corrected chi connectivity index (χ3v) is 15.3. The van der Waals surface area contributed by atoms with E-state index in [1.807, 2.05) is 0 Å². The molecular formula is C63H128N4O3. The van der Waals surface area contributed by atoms with E-state index in [2.05, 4.69) is 54.2 Å². The first kappa shape index (κ1) is 69.0. The van der Waals surface area contributed by atoms with Crippen LogP contribution in [0, 0.1) is 5.92 Å². The van der Waals surface area contributed by atoms with Crippen LogP contribution in [0.1, 0.15) is 304 Å². The highest BCUT2D eigenvalue weighted by atomic mass is 16.5. The molecule has 418 valence electrons. The van der Waals surface area contributed by atoms with Gasteiger partial charge in [-0.3, -0.25) is 9.69 Å². The van der Waals surface area contributed by atoms with Crippen LogP contribution in [0.4, 0.5) is 0 Å². The minimum atomic E-state index is 0.376. The number of nitrogens with zero attached hydrogens (tertiary/aromatic N) is 4. The van der Waals surface area contributed by atoms with Crippen molar-refractivity contribution < 1.29 is 14.3 Å². The van der Waals surface area contributed by atoms with E-state index in [1.165, 1.54) is 264 Å². The topological polar surface area (TPSA) is 56.3 Å². The lowest BCUT2D eigenvalue weighted by atomic mass is 10.0. The van der Waals surface area contributed by atoms with Crippen LogP contribution in [0.5, 0.6) is 0 Å². The van der Waals surface area contributed by atoms with Crippen molar-refractivity contribution in [3.63, 3.8) is 0 Å². The standard InChI is InChI=1S/C55H110N4O2.C8H18O/c1-5-9-13-17-21-22-23-24-25-28-32-37-44-57(45-39-33-34-40-50-60)51-54-41-47-59(52-54)55(61)53-58(46-38-31-27-19-15-11-7-3)49-48-56(42-35-29-20-16-12-8-4)43-36-30-26-18-14-10-6-2;1-3-4-5-6-7-8-9-2/h50,54H,5-49,51-53H2,1-4H3;3-8H2,1-2H3. The van der Waals surface area contributed by atoms with Crippen molar-refractivity contribution in [2.75, 3.05) is 85.7 Å². The largest absolute Gasteiger partial charge is 0.385 e. The SMILES string of the molecule is CCCCCCCCCCCCCCN(CCCCCC=O)CC1CCN(C(=O)CN(CCCCCCCCC)CCN(CCCCCCCC)CCCCCCCCC)C1.CCCCCCCOC. The molecule has 70 heavy (non-hydrogen) atoms. The lowest BCUT2D eigenvalue weighted by molar-refractivity contribution is -0.131. The summed E-state index contributed by atoms with van der Waals surface area (Å²) in [6, 6.07) is 0. The van der Waals surface area contributed by atoms with Gasteiger partial charge in [0.1, 0.15) is 6.29 Å². The molecule has 0 radical (unpaired) electrons. The first-order chi connectivity index (χ1) is 34.5. The molecule has 1 heterocycles. The quantitative estimate of drug-likeness (QED) is 0.0447. The third kappa shape index (κ3) is 48.0. The second-order valence-corrected chi connectivity index (χ2v) is 22.2. The van der Waals surface area contributed by atoms with E-state index in [0.717, 1.165) is 78.0 Å². The highest BCUT2D eigenvalue weighted by Crippen LogP contribution is 2.20. The van der Waals surface area contributed by atoms with Gasteiger partial charge in [-0.1, -0.05) is 247 Å². The van der Waals surface area contributed by atoms with Gasteiger partial charge in [0.05, 0.1) is 6.54 Å². The minimum Gasteiger partial charge on any atom is -0.385 e. The smallest absolute Gasteiger partial charge is 0.236 e. The van der Waals surface area contributed by atoms with Crippen LogP contribution in [0.3, 0.4) is 0 Å². The average Bonchev–Trinajstić information content (AvgIpc) is 3.84. The molecule has 1 aliphatic rings. The van der Waals surface area contributed by atoms with Crippen molar-refractivity contribution in [1.29, 1.82) is 0 Å². The maximum Gasteiger partial charge on any atom is 0.236 e. The molecule has 0 aromatic heterocycles. The van der Waals surface area contributed by atoms with E-state index < -0.39 is 0 Å². The molecule has 0 bridgehead atoms. The summed E-state index contributed by atoms with van der Waals surface area (Å²) in [4.78, 5) is 35.3. The normalized spacial score (nSPS) is 13.8. The number of ether oxygens (including phenoxy) is 1. The molecule has 0 saturated carbocycles. The molecule has 7 heteroatoms. The zero-order chi connectivity index (χ0) is 51.1. The molecule has 1 aliphatic heterocycles. The van der Waals surface area contributed by atoms with E-state index in [1.54, 1.807) is 7.11 Å². The monoisotopic (exact) mass is 989 g/mol. The van der Waals surface area contributed by atoms with Gasteiger partial charge in [0.15, 0.2) is 0 Å². The maximum absolute atomic E-state index is 14.1. The molecule has 1 amide bonds. The molecule has 1 rings (SSSR count). The van der Waals surface area contributed by atoms with Crippen molar-refractivity contribution in [3.05, 3.63) is 0 Å². The van der Waals surface area contributed by atoms with E-state index in [9.17, 15) is 9.59 Å². The Morgan fingerprint density at radius 3 is 1.14 bits per heavy atom. The Bertz CT molecular complexity index is 1020. The number of hydrogen-bond donors (Lipinski definition) is 0. The van der Waals surface area contributed by atoms with Gasteiger partial charge < -0.3 is 24.2 Å². The van der Waals surface area contributed by atoms with Crippen LogP contribution in [-0.2, 0) is 14.3 Å². The van der Waals surface area contributed by atoms with Crippen molar-refractivity contribution in [2.45, 2.75) is 304 Å². The molecule has 1 saturated heterocycles. The Labute approximate surface area is 440 Å². The number of hydrogen-bond acceptors (Lipinski definition) is 6. The van der Waals surface area contributed by atoms with Crippen molar-refractivity contribution in [2.24, 2.45) is 5.92 Å². The van der Waals surface area contributed by atoms with E-state index >= 15 is 0 Å². The maximum atomic E-state index is 14.1. The number of methoxy groups -OCH3 is 1. The van der Waals surface area contributed by atoms with Crippen LogP contribution >= 0.6 is 0 Å². The minimum absolute atomic E-state index is 0.376. The molecular weight excluding hydrogens is 861 g/mol. The summed E-state index contributed by atoms with van der Waals surface area (Å²) < 4.78 is 4.92. The van der Waals surface area contributed by atoms with Gasteiger partial charge in [-0.25, -0.2) is 0 Å². The second-order valence-electron chi connectivity index (χ2n) is 22.2. The summed E-state index contributed by atoms with van der Waals surface area (Å²) in [5, 5.41) is 0. The fourth-order valence-electron chi connectivity index (χ4n) is 10.5. The van der Waals surface area contributed by atoms with Crippen molar-refractivity contribution >= 4 is 12.2 Å². The van der Waals surface area contributed by atoms with Crippen LogP contribution in [0.2, 0.25) is 0 Å². The molecule has 0 aromatic rings. The second kappa shape index (κ2) is 57.3. The van der Waals surface area contributed by atoms with Gasteiger partial charge >= 0.3 is 0 Å². The fraction of sp³-hybridized carbons (Fsp3) is 0.968. The zero-order valence-corrected chi connectivity index (χ0v) is 48.9.